The van der Waals surface area contributed by atoms with Crippen LogP contribution in [0.4, 0.5) is 5.82 Å². The Bertz CT molecular complexity index is 427. The van der Waals surface area contributed by atoms with Crippen molar-refractivity contribution >= 4 is 11.8 Å². The summed E-state index contributed by atoms with van der Waals surface area (Å²) in [5.74, 6) is 0.272. The second-order valence-electron chi connectivity index (χ2n) is 3.94. The minimum absolute atomic E-state index is 0.0202. The molecule has 1 fully saturated rings. The number of carboxylic acids is 1. The lowest BCUT2D eigenvalue weighted by molar-refractivity contribution is -0.138. The van der Waals surface area contributed by atoms with E-state index in [1.807, 2.05) is 4.90 Å². The lowest BCUT2D eigenvalue weighted by atomic mass is 10.1. The third kappa shape index (κ3) is 2.86. The summed E-state index contributed by atoms with van der Waals surface area (Å²) in [4.78, 5) is 20.8. The van der Waals surface area contributed by atoms with Crippen LogP contribution in [0, 0.1) is 0 Å². The van der Waals surface area contributed by atoms with Gasteiger partial charge in [0.2, 0.25) is 5.88 Å². The number of aromatic nitrogens is 2. The Morgan fingerprint density at radius 3 is 3.22 bits per heavy atom. The number of ether oxygens (including phenoxy) is 2. The molecule has 1 saturated heterocycles. The number of morpholine rings is 1. The van der Waals surface area contributed by atoms with Crippen molar-refractivity contribution < 1.29 is 19.4 Å². The molecule has 1 atom stereocenters. The Labute approximate surface area is 104 Å². The predicted octanol–water partition coefficient (Wildman–Crippen LogP) is 0.165. The van der Waals surface area contributed by atoms with E-state index < -0.39 is 5.97 Å². The van der Waals surface area contributed by atoms with Gasteiger partial charge in [0.25, 0.3) is 0 Å². The van der Waals surface area contributed by atoms with Gasteiger partial charge in [-0.2, -0.15) is 0 Å². The molecule has 0 bridgehead atoms. The molecule has 7 nitrogen and oxygen atoms in total. The molecule has 0 aliphatic carbocycles. The van der Waals surface area contributed by atoms with Crippen LogP contribution in [-0.2, 0) is 9.53 Å². The second kappa shape index (κ2) is 5.63. The lowest BCUT2D eigenvalue weighted by Crippen LogP contribution is -2.47. The maximum atomic E-state index is 10.8. The van der Waals surface area contributed by atoms with Crippen LogP contribution in [0.3, 0.4) is 0 Å². The monoisotopic (exact) mass is 253 g/mol. The van der Waals surface area contributed by atoms with E-state index in [0.29, 0.717) is 31.5 Å². The van der Waals surface area contributed by atoms with Crippen molar-refractivity contribution in [3.63, 3.8) is 0 Å². The Morgan fingerprint density at radius 1 is 1.67 bits per heavy atom. The number of carbonyl (C=O) groups is 1. The van der Waals surface area contributed by atoms with Crippen LogP contribution in [-0.4, -0.2) is 54.0 Å². The summed E-state index contributed by atoms with van der Waals surface area (Å²) in [6.45, 7) is 1.55. The van der Waals surface area contributed by atoms with E-state index in [9.17, 15) is 4.79 Å². The summed E-state index contributed by atoms with van der Waals surface area (Å²) in [6.07, 6.45) is 1.42. The van der Waals surface area contributed by atoms with Crippen molar-refractivity contribution in [1.82, 2.24) is 9.97 Å². The van der Waals surface area contributed by atoms with Crippen molar-refractivity contribution in [3.8, 4) is 5.88 Å². The summed E-state index contributed by atoms with van der Waals surface area (Å²) in [5.41, 5.74) is 0. The molecule has 0 spiro atoms. The van der Waals surface area contributed by atoms with Gasteiger partial charge in [0.15, 0.2) is 0 Å². The molecular formula is C11H15N3O4. The average Bonchev–Trinajstić information content (AvgIpc) is 2.39. The predicted molar refractivity (Wildman–Crippen MR) is 62.8 cm³/mol. The Morgan fingerprint density at radius 2 is 2.50 bits per heavy atom. The molecule has 98 valence electrons. The van der Waals surface area contributed by atoms with E-state index in [2.05, 4.69) is 9.97 Å². The van der Waals surface area contributed by atoms with Crippen molar-refractivity contribution in [1.29, 1.82) is 0 Å². The Hall–Kier alpha value is -1.89. The van der Waals surface area contributed by atoms with Crippen LogP contribution in [0.5, 0.6) is 5.88 Å². The maximum Gasteiger partial charge on any atom is 0.305 e. The molecule has 0 amide bonds. The molecule has 1 aliphatic heterocycles. The van der Waals surface area contributed by atoms with Gasteiger partial charge in [0.1, 0.15) is 12.1 Å². The van der Waals surface area contributed by atoms with Crippen LogP contribution >= 0.6 is 0 Å². The standard InChI is InChI=1S/C11H15N3O4/c1-17-10-5-9(12-7-13-10)14-2-3-18-6-8(14)4-11(15)16/h5,7-8H,2-4,6H2,1H3,(H,15,16). The number of hydrogen-bond donors (Lipinski definition) is 1. The molecule has 0 saturated carbocycles. The molecule has 1 aliphatic rings. The van der Waals surface area contributed by atoms with Gasteiger partial charge in [0, 0.05) is 12.6 Å². The van der Waals surface area contributed by atoms with E-state index in [4.69, 9.17) is 14.6 Å². The largest absolute Gasteiger partial charge is 0.481 e. The molecule has 2 rings (SSSR count). The normalized spacial score (nSPS) is 19.6. The van der Waals surface area contributed by atoms with Crippen molar-refractivity contribution in [2.45, 2.75) is 12.5 Å². The van der Waals surface area contributed by atoms with Gasteiger partial charge >= 0.3 is 5.97 Å². The summed E-state index contributed by atoms with van der Waals surface area (Å²) < 4.78 is 10.3. The van der Waals surface area contributed by atoms with Gasteiger partial charge < -0.3 is 19.5 Å². The highest BCUT2D eigenvalue weighted by Gasteiger charge is 2.26. The van der Waals surface area contributed by atoms with Gasteiger partial charge in [-0.3, -0.25) is 4.79 Å². The van der Waals surface area contributed by atoms with Gasteiger partial charge in [0.05, 0.1) is 32.8 Å². The number of rotatable bonds is 4. The highest BCUT2D eigenvalue weighted by molar-refractivity contribution is 5.68. The first-order chi connectivity index (χ1) is 8.70. The molecule has 1 unspecified atom stereocenters. The SMILES string of the molecule is COc1cc(N2CCOCC2CC(=O)O)ncn1. The first-order valence-electron chi connectivity index (χ1n) is 5.63. The van der Waals surface area contributed by atoms with Crippen molar-refractivity contribution in [2.75, 3.05) is 31.8 Å². The minimum Gasteiger partial charge on any atom is -0.481 e. The first-order valence-corrected chi connectivity index (χ1v) is 5.63. The number of anilines is 1. The van der Waals surface area contributed by atoms with E-state index in [-0.39, 0.29) is 12.5 Å². The van der Waals surface area contributed by atoms with E-state index in [1.165, 1.54) is 13.4 Å². The van der Waals surface area contributed by atoms with Crippen LogP contribution in [0.2, 0.25) is 0 Å². The Kier molecular flexibility index (Phi) is 3.93. The molecule has 2 heterocycles. The molecule has 1 N–H and O–H groups in total. The fourth-order valence-corrected chi connectivity index (χ4v) is 1.93. The fourth-order valence-electron chi connectivity index (χ4n) is 1.93. The summed E-state index contributed by atoms with van der Waals surface area (Å²) in [7, 11) is 1.53. The molecule has 0 radical (unpaired) electrons. The van der Waals surface area contributed by atoms with Crippen LogP contribution < -0.4 is 9.64 Å². The summed E-state index contributed by atoms with van der Waals surface area (Å²) >= 11 is 0. The highest BCUT2D eigenvalue weighted by Crippen LogP contribution is 2.21. The van der Waals surface area contributed by atoms with Crippen LogP contribution in [0.15, 0.2) is 12.4 Å². The fraction of sp³-hybridized carbons (Fsp3) is 0.545. The van der Waals surface area contributed by atoms with Crippen LogP contribution in [0.1, 0.15) is 6.42 Å². The smallest absolute Gasteiger partial charge is 0.305 e. The number of methoxy groups -OCH3 is 1. The number of aliphatic carboxylic acids is 1. The van der Waals surface area contributed by atoms with Gasteiger partial charge in [-0.15, -0.1) is 0 Å². The van der Waals surface area contributed by atoms with E-state index in [0.717, 1.165) is 0 Å². The van der Waals surface area contributed by atoms with E-state index in [1.54, 1.807) is 6.07 Å². The third-order valence-corrected chi connectivity index (χ3v) is 2.77. The summed E-state index contributed by atoms with van der Waals surface area (Å²) in [6, 6.07) is 1.48. The quantitative estimate of drug-likeness (QED) is 0.818. The van der Waals surface area contributed by atoms with Gasteiger partial charge in [-0.1, -0.05) is 0 Å². The second-order valence-corrected chi connectivity index (χ2v) is 3.94. The molecule has 7 heteroatoms. The third-order valence-electron chi connectivity index (χ3n) is 2.77. The maximum absolute atomic E-state index is 10.8. The zero-order chi connectivity index (χ0) is 13.0. The molecule has 18 heavy (non-hydrogen) atoms. The Balaban J connectivity index is 2.19. The van der Waals surface area contributed by atoms with Gasteiger partial charge in [-0.25, -0.2) is 9.97 Å². The van der Waals surface area contributed by atoms with Crippen LogP contribution in [0.25, 0.3) is 0 Å². The minimum atomic E-state index is -0.850. The molecular weight excluding hydrogens is 238 g/mol. The average molecular weight is 253 g/mol. The highest BCUT2D eigenvalue weighted by atomic mass is 16.5. The van der Waals surface area contributed by atoms with Crippen molar-refractivity contribution in [3.05, 3.63) is 12.4 Å². The molecule has 0 aromatic carbocycles. The van der Waals surface area contributed by atoms with Gasteiger partial charge in [-0.05, 0) is 0 Å². The topological polar surface area (TPSA) is 84.8 Å². The number of carboxylic acid groups (broad SMARTS) is 1. The summed E-state index contributed by atoms with van der Waals surface area (Å²) in [5, 5.41) is 8.89. The molecule has 1 aromatic rings. The number of nitrogens with zero attached hydrogens (tertiary/aromatic N) is 3. The zero-order valence-electron chi connectivity index (χ0n) is 10.1. The first kappa shape index (κ1) is 12.6. The number of hydrogen-bond acceptors (Lipinski definition) is 6. The molecule has 1 aromatic heterocycles. The lowest BCUT2D eigenvalue weighted by Gasteiger charge is -2.35. The van der Waals surface area contributed by atoms with E-state index >= 15 is 0 Å². The zero-order valence-corrected chi connectivity index (χ0v) is 10.1. The van der Waals surface area contributed by atoms with Crippen molar-refractivity contribution in [2.24, 2.45) is 0 Å².